The first-order valence-electron chi connectivity index (χ1n) is 8.42. The van der Waals surface area contributed by atoms with Crippen LogP contribution in [0.15, 0.2) is 42.5 Å². The SMILES string of the molecule is Cc1ccccc1CC(=O)NC1(c2ccc3c(c2)OCCO3)CC1. The second-order valence-electron chi connectivity index (χ2n) is 6.59. The summed E-state index contributed by atoms with van der Waals surface area (Å²) in [7, 11) is 0. The van der Waals surface area contributed by atoms with E-state index in [1.165, 1.54) is 0 Å². The van der Waals surface area contributed by atoms with Crippen molar-refractivity contribution in [3.8, 4) is 11.5 Å². The maximum atomic E-state index is 12.5. The van der Waals surface area contributed by atoms with Gasteiger partial charge in [-0.3, -0.25) is 4.79 Å². The molecule has 0 atom stereocenters. The van der Waals surface area contributed by atoms with Crippen molar-refractivity contribution >= 4 is 5.91 Å². The highest BCUT2D eigenvalue weighted by Gasteiger charge is 2.46. The number of fused-ring (bicyclic) bond motifs is 1. The van der Waals surface area contributed by atoms with Gasteiger partial charge in [0.05, 0.1) is 12.0 Å². The van der Waals surface area contributed by atoms with Crippen molar-refractivity contribution in [3.63, 3.8) is 0 Å². The predicted octanol–water partition coefficient (Wildman–Crippen LogP) is 3.11. The van der Waals surface area contributed by atoms with Gasteiger partial charge >= 0.3 is 0 Å². The minimum absolute atomic E-state index is 0.0664. The van der Waals surface area contributed by atoms with E-state index in [4.69, 9.17) is 9.47 Å². The zero-order chi connectivity index (χ0) is 16.6. The van der Waals surface area contributed by atoms with Gasteiger partial charge in [0, 0.05) is 0 Å². The van der Waals surface area contributed by atoms with E-state index in [1.807, 2.05) is 49.4 Å². The molecule has 1 aliphatic carbocycles. The van der Waals surface area contributed by atoms with E-state index in [9.17, 15) is 4.79 Å². The molecular weight excluding hydrogens is 302 g/mol. The van der Waals surface area contributed by atoms with E-state index in [1.54, 1.807) is 0 Å². The Bertz CT molecular complexity index is 780. The van der Waals surface area contributed by atoms with Gasteiger partial charge < -0.3 is 14.8 Å². The van der Waals surface area contributed by atoms with Gasteiger partial charge in [-0.1, -0.05) is 30.3 Å². The molecule has 0 bridgehead atoms. The number of carbonyl (C=O) groups excluding carboxylic acids is 1. The Morgan fingerprint density at radius 3 is 2.58 bits per heavy atom. The molecule has 1 amide bonds. The first kappa shape index (κ1) is 15.1. The second kappa shape index (κ2) is 5.86. The number of hydrogen-bond acceptors (Lipinski definition) is 3. The summed E-state index contributed by atoms with van der Waals surface area (Å²) >= 11 is 0. The van der Waals surface area contributed by atoms with Crippen molar-refractivity contribution in [2.24, 2.45) is 0 Å². The standard InChI is InChI=1S/C20H21NO3/c1-14-4-2-3-5-15(14)12-19(22)21-20(8-9-20)16-6-7-17-18(13-16)24-11-10-23-17/h2-7,13H,8-12H2,1H3,(H,21,22). The number of hydrogen-bond donors (Lipinski definition) is 1. The first-order valence-corrected chi connectivity index (χ1v) is 8.42. The largest absolute Gasteiger partial charge is 0.486 e. The number of amides is 1. The molecule has 0 aromatic heterocycles. The second-order valence-corrected chi connectivity index (χ2v) is 6.59. The van der Waals surface area contributed by atoms with E-state index in [0.29, 0.717) is 19.6 Å². The smallest absolute Gasteiger partial charge is 0.225 e. The topological polar surface area (TPSA) is 47.6 Å². The molecule has 1 N–H and O–H groups in total. The number of nitrogens with one attached hydrogen (secondary N) is 1. The fourth-order valence-corrected chi connectivity index (χ4v) is 3.24. The molecule has 1 aliphatic heterocycles. The van der Waals surface area contributed by atoms with Crippen molar-refractivity contribution in [3.05, 3.63) is 59.2 Å². The van der Waals surface area contributed by atoms with Gasteiger partial charge in [0.25, 0.3) is 0 Å². The Hall–Kier alpha value is -2.49. The van der Waals surface area contributed by atoms with Crippen LogP contribution >= 0.6 is 0 Å². The van der Waals surface area contributed by atoms with Gasteiger partial charge in [-0.25, -0.2) is 0 Å². The lowest BCUT2D eigenvalue weighted by atomic mass is 10.0. The molecule has 124 valence electrons. The monoisotopic (exact) mass is 323 g/mol. The van der Waals surface area contributed by atoms with Crippen LogP contribution in [0.4, 0.5) is 0 Å². The minimum Gasteiger partial charge on any atom is -0.486 e. The van der Waals surface area contributed by atoms with Gasteiger partial charge in [0.1, 0.15) is 13.2 Å². The molecule has 2 aliphatic rings. The summed E-state index contributed by atoms with van der Waals surface area (Å²) in [5, 5.41) is 3.23. The highest BCUT2D eigenvalue weighted by Crippen LogP contribution is 2.47. The molecule has 4 heteroatoms. The average Bonchev–Trinajstić information content (AvgIpc) is 3.37. The van der Waals surface area contributed by atoms with E-state index < -0.39 is 0 Å². The quantitative estimate of drug-likeness (QED) is 0.940. The number of aryl methyl sites for hydroxylation is 1. The third kappa shape index (κ3) is 2.84. The van der Waals surface area contributed by atoms with Crippen LogP contribution in [-0.4, -0.2) is 19.1 Å². The Kier molecular flexibility index (Phi) is 3.68. The normalized spacial score (nSPS) is 17.2. The summed E-state index contributed by atoms with van der Waals surface area (Å²) in [4.78, 5) is 12.5. The third-order valence-corrected chi connectivity index (χ3v) is 4.84. The van der Waals surface area contributed by atoms with Gasteiger partial charge in [0.15, 0.2) is 11.5 Å². The summed E-state index contributed by atoms with van der Waals surface area (Å²) in [6.45, 7) is 3.20. The molecular formula is C20H21NO3. The summed E-state index contributed by atoms with van der Waals surface area (Å²) in [5.74, 6) is 1.63. The number of benzene rings is 2. The third-order valence-electron chi connectivity index (χ3n) is 4.84. The lowest BCUT2D eigenvalue weighted by Crippen LogP contribution is -2.36. The fourth-order valence-electron chi connectivity index (χ4n) is 3.24. The van der Waals surface area contributed by atoms with Gasteiger partial charge in [-0.05, 0) is 48.6 Å². The van der Waals surface area contributed by atoms with Gasteiger partial charge in [-0.2, -0.15) is 0 Å². The van der Waals surface area contributed by atoms with Crippen LogP contribution in [0.3, 0.4) is 0 Å². The molecule has 1 heterocycles. The van der Waals surface area contributed by atoms with Gasteiger partial charge in [-0.15, -0.1) is 0 Å². The van der Waals surface area contributed by atoms with Crippen LogP contribution in [-0.2, 0) is 16.8 Å². The fraction of sp³-hybridized carbons (Fsp3) is 0.350. The zero-order valence-electron chi connectivity index (χ0n) is 13.8. The van der Waals surface area contributed by atoms with Crippen LogP contribution in [0.5, 0.6) is 11.5 Å². The zero-order valence-corrected chi connectivity index (χ0v) is 13.8. The van der Waals surface area contributed by atoms with E-state index >= 15 is 0 Å². The summed E-state index contributed by atoms with van der Waals surface area (Å²) in [6.07, 6.45) is 2.34. The Balaban J connectivity index is 1.50. The predicted molar refractivity (Wildman–Crippen MR) is 91.4 cm³/mol. The van der Waals surface area contributed by atoms with Crippen LogP contribution in [0.25, 0.3) is 0 Å². The van der Waals surface area contributed by atoms with Crippen molar-refractivity contribution in [1.29, 1.82) is 0 Å². The maximum absolute atomic E-state index is 12.5. The molecule has 4 nitrogen and oxygen atoms in total. The van der Waals surface area contributed by atoms with E-state index in [2.05, 4.69) is 5.32 Å². The lowest BCUT2D eigenvalue weighted by Gasteiger charge is -2.23. The van der Waals surface area contributed by atoms with Crippen LogP contribution < -0.4 is 14.8 Å². The van der Waals surface area contributed by atoms with Crippen molar-refractivity contribution in [2.45, 2.75) is 31.7 Å². The molecule has 1 saturated carbocycles. The van der Waals surface area contributed by atoms with Crippen molar-refractivity contribution in [2.75, 3.05) is 13.2 Å². The van der Waals surface area contributed by atoms with Crippen molar-refractivity contribution < 1.29 is 14.3 Å². The van der Waals surface area contributed by atoms with Crippen LogP contribution in [0.2, 0.25) is 0 Å². The minimum atomic E-state index is -0.240. The van der Waals surface area contributed by atoms with Gasteiger partial charge in [0.2, 0.25) is 5.91 Å². The number of rotatable bonds is 4. The molecule has 0 unspecified atom stereocenters. The van der Waals surface area contributed by atoms with Crippen molar-refractivity contribution in [1.82, 2.24) is 5.32 Å². The lowest BCUT2D eigenvalue weighted by molar-refractivity contribution is -0.121. The Morgan fingerprint density at radius 1 is 1.08 bits per heavy atom. The molecule has 1 fully saturated rings. The highest BCUT2D eigenvalue weighted by molar-refractivity contribution is 5.80. The van der Waals surface area contributed by atoms with E-state index in [-0.39, 0.29) is 11.4 Å². The van der Waals surface area contributed by atoms with Crippen LogP contribution in [0.1, 0.15) is 29.5 Å². The highest BCUT2D eigenvalue weighted by atomic mass is 16.6. The van der Waals surface area contributed by atoms with E-state index in [0.717, 1.165) is 41.0 Å². The molecule has 2 aromatic carbocycles. The Morgan fingerprint density at radius 2 is 1.83 bits per heavy atom. The summed E-state index contributed by atoms with van der Waals surface area (Å²) < 4.78 is 11.2. The average molecular weight is 323 g/mol. The molecule has 24 heavy (non-hydrogen) atoms. The maximum Gasteiger partial charge on any atom is 0.225 e. The molecule has 0 spiro atoms. The first-order chi connectivity index (χ1) is 11.7. The Labute approximate surface area is 141 Å². The molecule has 4 rings (SSSR count). The summed E-state index contributed by atoms with van der Waals surface area (Å²) in [6, 6.07) is 14.0. The van der Waals surface area contributed by atoms with Crippen LogP contribution in [0, 0.1) is 6.92 Å². The molecule has 0 saturated heterocycles. The molecule has 0 radical (unpaired) electrons. The number of ether oxygens (including phenoxy) is 2. The molecule has 2 aromatic rings. The number of carbonyl (C=O) groups is 1. The summed E-state index contributed by atoms with van der Waals surface area (Å²) in [5.41, 5.74) is 3.09.